The van der Waals surface area contributed by atoms with Gasteiger partial charge in [0, 0.05) is 51.0 Å². The van der Waals surface area contributed by atoms with Gasteiger partial charge in [-0.1, -0.05) is 12.1 Å². The molecule has 4 rings (SSSR count). The van der Waals surface area contributed by atoms with Gasteiger partial charge in [0.25, 0.3) is 11.5 Å². The Bertz CT molecular complexity index is 1040. The number of nitrogens with zero attached hydrogens (tertiary/aromatic N) is 3. The second-order valence-corrected chi connectivity index (χ2v) is 9.13. The summed E-state index contributed by atoms with van der Waals surface area (Å²) in [6, 6.07) is 7.88. The molecule has 166 valence electrons. The molecule has 0 spiro atoms. The smallest absolute Gasteiger partial charge is 0.255 e. The Hall–Kier alpha value is -2.51. The highest BCUT2D eigenvalue weighted by Gasteiger charge is 2.42. The van der Waals surface area contributed by atoms with Crippen molar-refractivity contribution in [3.05, 3.63) is 68.9 Å². The second kappa shape index (κ2) is 8.55. The molecule has 0 radical (unpaired) electrons. The van der Waals surface area contributed by atoms with Gasteiger partial charge in [0.15, 0.2) is 0 Å². The molecule has 0 aliphatic carbocycles. The number of hydrogen-bond acceptors (Lipinski definition) is 4. The molecule has 2 fully saturated rings. The Kier molecular flexibility index (Phi) is 5.99. The number of hydrogen-bond donors (Lipinski definition) is 1. The molecule has 2 N–H and O–H groups in total. The molecule has 2 saturated heterocycles. The summed E-state index contributed by atoms with van der Waals surface area (Å²) in [5.74, 6) is 0.696. The zero-order chi connectivity index (χ0) is 22.3. The lowest BCUT2D eigenvalue weighted by Crippen LogP contribution is -2.36. The van der Waals surface area contributed by atoms with Gasteiger partial charge in [-0.05, 0) is 61.9 Å². The van der Waals surface area contributed by atoms with Crippen molar-refractivity contribution in [3.8, 4) is 0 Å². The number of carbonyl (C=O) groups excluding carboxylic acids is 1. The molecule has 7 heteroatoms. The summed E-state index contributed by atoms with van der Waals surface area (Å²) < 4.78 is 15.0. The molecule has 0 bridgehead atoms. The van der Waals surface area contributed by atoms with E-state index in [0.29, 0.717) is 17.4 Å². The van der Waals surface area contributed by atoms with Crippen LogP contribution in [0.1, 0.15) is 39.6 Å². The predicted octanol–water partition coefficient (Wildman–Crippen LogP) is 2.24. The summed E-state index contributed by atoms with van der Waals surface area (Å²) in [6.07, 6.45) is 0.780. The first-order valence-electron chi connectivity index (χ1n) is 10.9. The number of carbonyl (C=O) groups is 1. The molecule has 1 amide bonds. The van der Waals surface area contributed by atoms with E-state index >= 15 is 0 Å². The molecular weight excluding hydrogens is 395 g/mol. The predicted molar refractivity (Wildman–Crippen MR) is 118 cm³/mol. The third kappa shape index (κ3) is 4.29. The van der Waals surface area contributed by atoms with E-state index in [-0.39, 0.29) is 23.3 Å². The number of halogens is 1. The van der Waals surface area contributed by atoms with Crippen LogP contribution in [0.25, 0.3) is 0 Å². The molecule has 0 saturated carbocycles. The highest BCUT2D eigenvalue weighted by atomic mass is 19.1. The fourth-order valence-corrected chi connectivity index (χ4v) is 5.12. The summed E-state index contributed by atoms with van der Waals surface area (Å²) in [5, 5.41) is 0. The maximum Gasteiger partial charge on any atom is 0.255 e. The van der Waals surface area contributed by atoms with E-state index in [1.165, 1.54) is 12.1 Å². The quantitative estimate of drug-likeness (QED) is 0.796. The van der Waals surface area contributed by atoms with Crippen molar-refractivity contribution in [3.63, 3.8) is 0 Å². The normalized spacial score (nSPS) is 22.0. The van der Waals surface area contributed by atoms with Crippen LogP contribution in [0.5, 0.6) is 0 Å². The average molecular weight is 427 g/mol. The summed E-state index contributed by atoms with van der Waals surface area (Å²) >= 11 is 0. The monoisotopic (exact) mass is 426 g/mol. The first-order valence-corrected chi connectivity index (χ1v) is 10.9. The Morgan fingerprint density at radius 3 is 2.48 bits per heavy atom. The minimum atomic E-state index is -0.252. The maximum atomic E-state index is 13.4. The van der Waals surface area contributed by atoms with Crippen LogP contribution in [0.3, 0.4) is 0 Å². The Balaban J connectivity index is 1.34. The van der Waals surface area contributed by atoms with Gasteiger partial charge in [0.05, 0.1) is 5.56 Å². The van der Waals surface area contributed by atoms with Crippen LogP contribution in [0, 0.1) is 31.5 Å². The SMILES string of the molecule is Cc1cc(=O)n(C)c(C)c1C(=O)N1CC2CN(CC[C@H](N)c3cccc(F)c3)CC2C1. The van der Waals surface area contributed by atoms with Crippen molar-refractivity contribution >= 4 is 5.91 Å². The van der Waals surface area contributed by atoms with Crippen molar-refractivity contribution in [2.45, 2.75) is 26.3 Å². The standard InChI is InChI=1S/C24H31FN4O2/c1-15-9-22(30)27(3)16(2)23(15)24(31)29-13-18-11-28(12-19(18)14-29)8-7-21(26)17-5-4-6-20(25)10-17/h4-6,9-10,18-19,21H,7-8,11-14,26H2,1-3H3/t18?,19?,21-/m0/s1. The molecule has 3 heterocycles. The summed E-state index contributed by atoms with van der Waals surface area (Å²) in [5.41, 5.74) is 9.13. The van der Waals surface area contributed by atoms with Gasteiger partial charge in [0.2, 0.25) is 0 Å². The average Bonchev–Trinajstić information content (AvgIpc) is 3.29. The summed E-state index contributed by atoms with van der Waals surface area (Å²) in [4.78, 5) is 29.6. The van der Waals surface area contributed by atoms with Crippen LogP contribution in [-0.4, -0.2) is 53.0 Å². The van der Waals surface area contributed by atoms with E-state index in [9.17, 15) is 14.0 Å². The lowest BCUT2D eigenvalue weighted by Gasteiger charge is -2.24. The number of aryl methyl sites for hydroxylation is 1. The highest BCUT2D eigenvalue weighted by molar-refractivity contribution is 5.96. The number of amides is 1. The van der Waals surface area contributed by atoms with Crippen LogP contribution in [0.15, 0.2) is 35.1 Å². The molecule has 31 heavy (non-hydrogen) atoms. The van der Waals surface area contributed by atoms with Crippen LogP contribution >= 0.6 is 0 Å². The maximum absolute atomic E-state index is 13.4. The van der Waals surface area contributed by atoms with E-state index in [0.717, 1.165) is 56.0 Å². The Morgan fingerprint density at radius 2 is 1.84 bits per heavy atom. The summed E-state index contributed by atoms with van der Waals surface area (Å²) in [7, 11) is 1.71. The van der Waals surface area contributed by atoms with Crippen molar-refractivity contribution < 1.29 is 9.18 Å². The van der Waals surface area contributed by atoms with Crippen molar-refractivity contribution in [2.75, 3.05) is 32.7 Å². The zero-order valence-electron chi connectivity index (χ0n) is 18.5. The summed E-state index contributed by atoms with van der Waals surface area (Å²) in [6.45, 7) is 7.95. The van der Waals surface area contributed by atoms with E-state index < -0.39 is 0 Å². The fraction of sp³-hybridized carbons (Fsp3) is 0.500. The van der Waals surface area contributed by atoms with E-state index in [1.54, 1.807) is 23.7 Å². The van der Waals surface area contributed by atoms with Gasteiger partial charge in [-0.2, -0.15) is 0 Å². The first kappa shape index (κ1) is 21.7. The van der Waals surface area contributed by atoms with Gasteiger partial charge < -0.3 is 20.1 Å². The third-order valence-corrected chi connectivity index (χ3v) is 7.03. The van der Waals surface area contributed by atoms with E-state index in [2.05, 4.69) is 4.90 Å². The Labute approximate surface area is 182 Å². The minimum absolute atomic E-state index is 0.0275. The van der Waals surface area contributed by atoms with Gasteiger partial charge in [-0.25, -0.2) is 4.39 Å². The van der Waals surface area contributed by atoms with Crippen LogP contribution in [0.4, 0.5) is 4.39 Å². The fourth-order valence-electron chi connectivity index (χ4n) is 5.12. The van der Waals surface area contributed by atoms with Crippen molar-refractivity contribution in [1.29, 1.82) is 0 Å². The molecule has 2 aromatic rings. The van der Waals surface area contributed by atoms with Crippen molar-refractivity contribution in [1.82, 2.24) is 14.4 Å². The molecule has 2 aliphatic heterocycles. The lowest BCUT2D eigenvalue weighted by atomic mass is 10.0. The van der Waals surface area contributed by atoms with Crippen LogP contribution in [-0.2, 0) is 7.05 Å². The number of likely N-dealkylation sites (tertiary alicyclic amines) is 2. The van der Waals surface area contributed by atoms with Crippen LogP contribution < -0.4 is 11.3 Å². The molecule has 1 aromatic heterocycles. The van der Waals surface area contributed by atoms with Crippen LogP contribution in [0.2, 0.25) is 0 Å². The third-order valence-electron chi connectivity index (χ3n) is 7.03. The van der Waals surface area contributed by atoms with Gasteiger partial charge >= 0.3 is 0 Å². The van der Waals surface area contributed by atoms with Gasteiger partial charge in [-0.3, -0.25) is 9.59 Å². The molecular formula is C24H31FN4O2. The molecule has 1 aromatic carbocycles. The van der Waals surface area contributed by atoms with Gasteiger partial charge in [0.1, 0.15) is 5.82 Å². The van der Waals surface area contributed by atoms with E-state index in [4.69, 9.17) is 5.73 Å². The topological polar surface area (TPSA) is 71.6 Å². The first-order chi connectivity index (χ1) is 14.7. The molecule has 3 atom stereocenters. The molecule has 2 aliphatic rings. The number of fused-ring (bicyclic) bond motifs is 1. The number of rotatable bonds is 5. The molecule has 6 nitrogen and oxygen atoms in total. The number of aromatic nitrogens is 1. The lowest BCUT2D eigenvalue weighted by molar-refractivity contribution is 0.0771. The second-order valence-electron chi connectivity index (χ2n) is 9.13. The minimum Gasteiger partial charge on any atom is -0.338 e. The number of pyridine rings is 1. The Morgan fingerprint density at radius 1 is 1.16 bits per heavy atom. The van der Waals surface area contributed by atoms with E-state index in [1.807, 2.05) is 24.8 Å². The van der Waals surface area contributed by atoms with Crippen molar-refractivity contribution in [2.24, 2.45) is 24.6 Å². The zero-order valence-corrected chi connectivity index (χ0v) is 18.5. The van der Waals surface area contributed by atoms with Gasteiger partial charge in [-0.15, -0.1) is 0 Å². The number of benzene rings is 1. The largest absolute Gasteiger partial charge is 0.338 e. The number of nitrogens with two attached hydrogens (primary N) is 1. The molecule has 2 unspecified atom stereocenters. The highest BCUT2D eigenvalue weighted by Crippen LogP contribution is 2.33.